The highest BCUT2D eigenvalue weighted by atomic mass is 16.6. The van der Waals surface area contributed by atoms with Crippen molar-refractivity contribution in [3.63, 3.8) is 0 Å². The molecule has 0 radical (unpaired) electrons. The van der Waals surface area contributed by atoms with Gasteiger partial charge in [0.1, 0.15) is 0 Å². The average Bonchev–Trinajstić information content (AvgIpc) is 2.08. The molecule has 0 spiro atoms. The van der Waals surface area contributed by atoms with Crippen molar-refractivity contribution < 1.29 is 14.7 Å². The number of carboxylic acids is 1. The summed E-state index contributed by atoms with van der Waals surface area (Å²) in [5, 5.41) is 11.5. The molecule has 4 heteroatoms. The molecule has 1 aromatic rings. The Bertz CT molecular complexity index is 333. The van der Waals surface area contributed by atoms with E-state index in [4.69, 9.17) is 9.94 Å². The minimum Gasteiger partial charge on any atom is -0.477 e. The van der Waals surface area contributed by atoms with Gasteiger partial charge in [0.05, 0.1) is 0 Å². The van der Waals surface area contributed by atoms with Crippen molar-refractivity contribution in [3.8, 4) is 5.75 Å². The van der Waals surface area contributed by atoms with E-state index in [2.05, 4.69) is 5.16 Å². The summed E-state index contributed by atoms with van der Waals surface area (Å²) in [4.78, 5) is 14.9. The first-order chi connectivity index (χ1) is 6.20. The quantitative estimate of drug-likeness (QED) is 0.564. The molecule has 0 fully saturated rings. The Balaban J connectivity index is 2.64. The third-order valence-corrected chi connectivity index (χ3v) is 1.41. The summed E-state index contributed by atoms with van der Waals surface area (Å²) in [6.07, 6.45) is 0.701. The average molecular weight is 179 g/mol. The van der Waals surface area contributed by atoms with Gasteiger partial charge >= 0.3 is 5.97 Å². The first-order valence-electron chi connectivity index (χ1n) is 3.69. The van der Waals surface area contributed by atoms with Gasteiger partial charge in [0.25, 0.3) is 0 Å². The molecule has 0 aromatic heterocycles. The molecule has 1 aromatic carbocycles. The SMILES string of the molecule is Cc1ccccc1ON=CC(=O)O. The Morgan fingerprint density at radius 1 is 1.54 bits per heavy atom. The van der Waals surface area contributed by atoms with Crippen LogP contribution in [0.5, 0.6) is 5.75 Å². The first-order valence-corrected chi connectivity index (χ1v) is 3.69. The highest BCUT2D eigenvalue weighted by molar-refractivity contribution is 6.21. The van der Waals surface area contributed by atoms with Crippen LogP contribution in [0, 0.1) is 6.92 Å². The molecule has 1 N–H and O–H groups in total. The van der Waals surface area contributed by atoms with Crippen LogP contribution in [0.4, 0.5) is 0 Å². The van der Waals surface area contributed by atoms with Gasteiger partial charge in [-0.15, -0.1) is 0 Å². The zero-order valence-corrected chi connectivity index (χ0v) is 7.10. The number of aryl methyl sites for hydroxylation is 1. The van der Waals surface area contributed by atoms with Gasteiger partial charge in [-0.25, -0.2) is 4.79 Å². The van der Waals surface area contributed by atoms with Crippen LogP contribution in [-0.4, -0.2) is 17.3 Å². The molecule has 0 aliphatic carbocycles. The summed E-state index contributed by atoms with van der Waals surface area (Å²) >= 11 is 0. The summed E-state index contributed by atoms with van der Waals surface area (Å²) in [5.74, 6) is -0.575. The van der Waals surface area contributed by atoms with Crippen molar-refractivity contribution in [1.82, 2.24) is 0 Å². The molecular formula is C9H9NO3. The van der Waals surface area contributed by atoms with Crippen LogP contribution in [0.1, 0.15) is 5.56 Å². The smallest absolute Gasteiger partial charge is 0.350 e. The zero-order valence-electron chi connectivity index (χ0n) is 7.10. The van der Waals surface area contributed by atoms with E-state index in [1.54, 1.807) is 12.1 Å². The number of para-hydroxylation sites is 1. The molecule has 0 aliphatic heterocycles. The maximum atomic E-state index is 10.0. The van der Waals surface area contributed by atoms with Crippen LogP contribution in [0.15, 0.2) is 29.4 Å². The van der Waals surface area contributed by atoms with E-state index < -0.39 is 5.97 Å². The second kappa shape index (κ2) is 4.25. The lowest BCUT2D eigenvalue weighted by molar-refractivity contribution is -0.128. The Labute approximate surface area is 75.4 Å². The molecule has 68 valence electrons. The number of hydrogen-bond acceptors (Lipinski definition) is 3. The van der Waals surface area contributed by atoms with Crippen LogP contribution >= 0.6 is 0 Å². The van der Waals surface area contributed by atoms with Crippen LogP contribution in [0.3, 0.4) is 0 Å². The van der Waals surface area contributed by atoms with Crippen molar-refractivity contribution in [2.45, 2.75) is 6.92 Å². The van der Waals surface area contributed by atoms with Gasteiger partial charge in [-0.1, -0.05) is 23.4 Å². The maximum absolute atomic E-state index is 10.0. The van der Waals surface area contributed by atoms with E-state index >= 15 is 0 Å². The van der Waals surface area contributed by atoms with Crippen molar-refractivity contribution in [1.29, 1.82) is 0 Å². The molecule has 0 amide bonds. The van der Waals surface area contributed by atoms with E-state index in [9.17, 15) is 4.79 Å². The van der Waals surface area contributed by atoms with Crippen LogP contribution in [-0.2, 0) is 4.79 Å². The number of benzene rings is 1. The second-order valence-corrected chi connectivity index (χ2v) is 2.43. The van der Waals surface area contributed by atoms with E-state index in [0.29, 0.717) is 12.0 Å². The lowest BCUT2D eigenvalue weighted by Gasteiger charge is -1.99. The summed E-state index contributed by atoms with van der Waals surface area (Å²) < 4.78 is 0. The van der Waals surface area contributed by atoms with Crippen LogP contribution in [0.2, 0.25) is 0 Å². The van der Waals surface area contributed by atoms with Gasteiger partial charge in [0.15, 0.2) is 12.0 Å². The van der Waals surface area contributed by atoms with Crippen molar-refractivity contribution >= 4 is 12.2 Å². The fraction of sp³-hybridized carbons (Fsp3) is 0.111. The summed E-state index contributed by atoms with van der Waals surface area (Å²) in [5.41, 5.74) is 0.907. The molecule has 0 saturated carbocycles. The van der Waals surface area contributed by atoms with Gasteiger partial charge in [0, 0.05) is 0 Å². The van der Waals surface area contributed by atoms with Crippen molar-refractivity contribution in [2.75, 3.05) is 0 Å². The van der Waals surface area contributed by atoms with Crippen molar-refractivity contribution in [3.05, 3.63) is 29.8 Å². The third kappa shape index (κ3) is 2.94. The van der Waals surface area contributed by atoms with Gasteiger partial charge in [-0.05, 0) is 18.6 Å². The molecule has 13 heavy (non-hydrogen) atoms. The van der Waals surface area contributed by atoms with Gasteiger partial charge < -0.3 is 9.94 Å². The third-order valence-electron chi connectivity index (χ3n) is 1.41. The molecule has 0 saturated heterocycles. The summed E-state index contributed by atoms with van der Waals surface area (Å²) in [6, 6.07) is 7.22. The Hall–Kier alpha value is -1.84. The largest absolute Gasteiger partial charge is 0.477 e. The molecule has 1 rings (SSSR count). The zero-order chi connectivity index (χ0) is 9.68. The number of aliphatic carboxylic acids is 1. The van der Waals surface area contributed by atoms with Gasteiger partial charge in [-0.2, -0.15) is 0 Å². The monoisotopic (exact) mass is 179 g/mol. The summed E-state index contributed by atoms with van der Waals surface area (Å²) in [6.45, 7) is 1.85. The molecule has 0 bridgehead atoms. The second-order valence-electron chi connectivity index (χ2n) is 2.43. The topological polar surface area (TPSA) is 58.9 Å². The number of rotatable bonds is 3. The Kier molecular flexibility index (Phi) is 3.03. The number of nitrogens with zero attached hydrogens (tertiary/aromatic N) is 1. The summed E-state index contributed by atoms with van der Waals surface area (Å²) in [7, 11) is 0. The van der Waals surface area contributed by atoms with Crippen molar-refractivity contribution in [2.24, 2.45) is 5.16 Å². The fourth-order valence-electron chi connectivity index (χ4n) is 0.787. The molecular weight excluding hydrogens is 170 g/mol. The predicted octanol–water partition coefficient (Wildman–Crippen LogP) is 1.44. The lowest BCUT2D eigenvalue weighted by atomic mass is 10.2. The highest BCUT2D eigenvalue weighted by Crippen LogP contribution is 2.15. The molecule has 0 aliphatic rings. The first kappa shape index (κ1) is 9.25. The van der Waals surface area contributed by atoms with E-state index in [1.165, 1.54) is 0 Å². The maximum Gasteiger partial charge on any atom is 0.350 e. The number of hydrogen-bond donors (Lipinski definition) is 1. The van der Waals surface area contributed by atoms with E-state index in [0.717, 1.165) is 5.56 Å². The molecule has 0 atom stereocenters. The fourth-order valence-corrected chi connectivity index (χ4v) is 0.787. The van der Waals surface area contributed by atoms with Crippen LogP contribution < -0.4 is 4.84 Å². The molecule has 0 heterocycles. The minimum atomic E-state index is -1.13. The number of carbonyl (C=O) groups is 1. The Morgan fingerprint density at radius 3 is 2.85 bits per heavy atom. The molecule has 4 nitrogen and oxygen atoms in total. The lowest BCUT2D eigenvalue weighted by Crippen LogP contribution is -1.97. The number of carboxylic acid groups (broad SMARTS) is 1. The predicted molar refractivity (Wildman–Crippen MR) is 47.9 cm³/mol. The van der Waals surface area contributed by atoms with Gasteiger partial charge in [0.2, 0.25) is 0 Å². The van der Waals surface area contributed by atoms with Gasteiger partial charge in [-0.3, -0.25) is 0 Å². The normalized spacial score (nSPS) is 10.2. The van der Waals surface area contributed by atoms with Crippen LogP contribution in [0.25, 0.3) is 0 Å². The molecule has 0 unspecified atom stereocenters. The van der Waals surface area contributed by atoms with E-state index in [1.807, 2.05) is 19.1 Å². The highest BCUT2D eigenvalue weighted by Gasteiger charge is 1.95. The standard InChI is InChI=1S/C9H9NO3/c1-7-4-2-3-5-8(7)13-10-6-9(11)12/h2-6H,1H3,(H,11,12). The van der Waals surface area contributed by atoms with E-state index in [-0.39, 0.29) is 0 Å². The minimum absolute atomic E-state index is 0.556. The number of oxime groups is 1. The Morgan fingerprint density at radius 2 is 2.23 bits per heavy atom.